The van der Waals surface area contributed by atoms with Crippen molar-refractivity contribution in [3.05, 3.63) is 68.6 Å². The first-order valence-electron chi connectivity index (χ1n) is 8.61. The third kappa shape index (κ3) is 4.50. The number of benzene rings is 2. The van der Waals surface area contributed by atoms with Crippen molar-refractivity contribution >= 4 is 35.1 Å². The molecule has 0 radical (unpaired) electrons. The van der Waals surface area contributed by atoms with Crippen molar-refractivity contribution in [1.82, 2.24) is 9.78 Å². The summed E-state index contributed by atoms with van der Waals surface area (Å²) < 4.78 is 16.7. The van der Waals surface area contributed by atoms with Crippen LogP contribution in [-0.2, 0) is 0 Å². The molecule has 0 unspecified atom stereocenters. The molecule has 1 aromatic heterocycles. The van der Waals surface area contributed by atoms with E-state index in [0.717, 1.165) is 0 Å². The van der Waals surface area contributed by atoms with Crippen LogP contribution < -0.4 is 25.2 Å². The maximum Gasteiger partial charge on any atom is 0.292 e. The van der Waals surface area contributed by atoms with Gasteiger partial charge in [0.25, 0.3) is 5.56 Å². The van der Waals surface area contributed by atoms with Gasteiger partial charge in [-0.1, -0.05) is 23.2 Å². The second-order valence-corrected chi connectivity index (χ2v) is 6.68. The standard InChI is InChI=1S/C20H18Cl2N4O4/c1-28-14-6-4-13(5-7-14)26-20(27)18(22)16(11-24-26)25-23-10-12-8-15(21)19(30-3)17(9-12)29-2/h4-11,25H,1-3H3/b23-10-. The number of rotatable bonds is 7. The van der Waals surface area contributed by atoms with Crippen LogP contribution in [0.15, 0.2) is 52.5 Å². The zero-order chi connectivity index (χ0) is 21.7. The lowest BCUT2D eigenvalue weighted by atomic mass is 10.2. The van der Waals surface area contributed by atoms with Crippen LogP contribution in [-0.4, -0.2) is 37.3 Å². The predicted octanol–water partition coefficient (Wildman–Crippen LogP) is 4.01. The monoisotopic (exact) mass is 448 g/mol. The number of halogens is 2. The second kappa shape index (κ2) is 9.51. The van der Waals surface area contributed by atoms with Gasteiger partial charge in [-0.2, -0.15) is 14.9 Å². The molecule has 0 aliphatic carbocycles. The van der Waals surface area contributed by atoms with E-state index in [9.17, 15) is 4.79 Å². The third-order valence-electron chi connectivity index (χ3n) is 4.09. The van der Waals surface area contributed by atoms with E-state index in [-0.39, 0.29) is 10.7 Å². The van der Waals surface area contributed by atoms with Gasteiger partial charge in [-0.3, -0.25) is 10.2 Å². The van der Waals surface area contributed by atoms with Crippen molar-refractivity contribution in [2.75, 3.05) is 26.8 Å². The average Bonchev–Trinajstić information content (AvgIpc) is 2.76. The van der Waals surface area contributed by atoms with E-state index in [2.05, 4.69) is 15.6 Å². The Bertz CT molecular complexity index is 1130. The molecule has 30 heavy (non-hydrogen) atoms. The van der Waals surface area contributed by atoms with Crippen molar-refractivity contribution in [3.8, 4) is 22.9 Å². The Morgan fingerprint density at radius 2 is 1.80 bits per heavy atom. The highest BCUT2D eigenvalue weighted by Gasteiger charge is 2.12. The molecule has 0 saturated heterocycles. The van der Waals surface area contributed by atoms with E-state index in [1.54, 1.807) is 43.5 Å². The van der Waals surface area contributed by atoms with Crippen LogP contribution in [0, 0.1) is 0 Å². The first-order valence-corrected chi connectivity index (χ1v) is 9.37. The smallest absolute Gasteiger partial charge is 0.292 e. The molecule has 0 aliphatic rings. The lowest BCUT2D eigenvalue weighted by molar-refractivity contribution is 0.355. The van der Waals surface area contributed by atoms with Gasteiger partial charge in [0.15, 0.2) is 11.5 Å². The van der Waals surface area contributed by atoms with Crippen LogP contribution in [0.2, 0.25) is 10.0 Å². The number of aromatic nitrogens is 2. The molecule has 1 N–H and O–H groups in total. The van der Waals surface area contributed by atoms with Gasteiger partial charge in [-0.25, -0.2) is 0 Å². The second-order valence-electron chi connectivity index (χ2n) is 5.90. The minimum Gasteiger partial charge on any atom is -0.497 e. The van der Waals surface area contributed by atoms with Crippen molar-refractivity contribution in [2.24, 2.45) is 5.10 Å². The summed E-state index contributed by atoms with van der Waals surface area (Å²) >= 11 is 12.4. The van der Waals surface area contributed by atoms with Crippen LogP contribution in [0.3, 0.4) is 0 Å². The minimum atomic E-state index is -0.490. The molecule has 2 aromatic carbocycles. The van der Waals surface area contributed by atoms with Crippen LogP contribution in [0.25, 0.3) is 5.69 Å². The number of ether oxygens (including phenoxy) is 3. The van der Waals surface area contributed by atoms with Crippen molar-refractivity contribution in [3.63, 3.8) is 0 Å². The lowest BCUT2D eigenvalue weighted by Crippen LogP contribution is -2.22. The van der Waals surface area contributed by atoms with Crippen molar-refractivity contribution in [1.29, 1.82) is 0 Å². The quantitative estimate of drug-likeness (QED) is 0.433. The average molecular weight is 449 g/mol. The van der Waals surface area contributed by atoms with E-state index in [4.69, 9.17) is 37.4 Å². The summed E-state index contributed by atoms with van der Waals surface area (Å²) in [5.41, 5.74) is 3.69. The maximum absolute atomic E-state index is 12.6. The van der Waals surface area contributed by atoms with Gasteiger partial charge in [0.2, 0.25) is 0 Å². The number of hydrazone groups is 1. The fourth-order valence-corrected chi connectivity index (χ4v) is 3.07. The zero-order valence-electron chi connectivity index (χ0n) is 16.3. The summed E-state index contributed by atoms with van der Waals surface area (Å²) in [6.07, 6.45) is 2.91. The Kier molecular flexibility index (Phi) is 6.81. The number of methoxy groups -OCH3 is 3. The molecule has 3 rings (SSSR count). The van der Waals surface area contributed by atoms with E-state index in [1.807, 2.05) is 0 Å². The molecule has 10 heteroatoms. The van der Waals surface area contributed by atoms with E-state index >= 15 is 0 Å². The molecule has 0 amide bonds. The molecule has 0 saturated carbocycles. The molecule has 0 spiro atoms. The molecule has 156 valence electrons. The van der Waals surface area contributed by atoms with Gasteiger partial charge in [0, 0.05) is 0 Å². The summed E-state index contributed by atoms with van der Waals surface area (Å²) in [5.74, 6) is 1.56. The summed E-state index contributed by atoms with van der Waals surface area (Å²) in [7, 11) is 4.58. The molecule has 3 aromatic rings. The van der Waals surface area contributed by atoms with Gasteiger partial charge in [0.05, 0.1) is 44.5 Å². The fraction of sp³-hybridized carbons (Fsp3) is 0.150. The first kappa shape index (κ1) is 21.5. The minimum absolute atomic E-state index is 0.0525. The molecule has 0 aliphatic heterocycles. The lowest BCUT2D eigenvalue weighted by Gasteiger charge is -2.10. The van der Waals surface area contributed by atoms with E-state index in [1.165, 1.54) is 31.3 Å². The van der Waals surface area contributed by atoms with Crippen LogP contribution in [0.1, 0.15) is 5.56 Å². The Labute approximate surface area is 182 Å². The van der Waals surface area contributed by atoms with Crippen LogP contribution >= 0.6 is 23.2 Å². The maximum atomic E-state index is 12.6. The molecule has 0 bridgehead atoms. The normalized spacial score (nSPS) is 10.8. The molecule has 8 nitrogen and oxygen atoms in total. The Balaban J connectivity index is 1.82. The molecule has 1 heterocycles. The topological polar surface area (TPSA) is 87.0 Å². The largest absolute Gasteiger partial charge is 0.497 e. The predicted molar refractivity (Wildman–Crippen MR) is 117 cm³/mol. The summed E-state index contributed by atoms with van der Waals surface area (Å²) in [6, 6.07) is 10.2. The number of nitrogens with zero attached hydrogens (tertiary/aromatic N) is 3. The van der Waals surface area contributed by atoms with Gasteiger partial charge in [-0.15, -0.1) is 0 Å². The number of nitrogens with one attached hydrogen (secondary N) is 1. The van der Waals surface area contributed by atoms with Crippen LogP contribution in [0.4, 0.5) is 5.69 Å². The van der Waals surface area contributed by atoms with Crippen molar-refractivity contribution < 1.29 is 14.2 Å². The SMILES string of the molecule is COc1ccc(-n2ncc(N/N=C\c3cc(Cl)c(OC)c(OC)c3)c(Cl)c2=O)cc1. The molecule has 0 fully saturated rings. The summed E-state index contributed by atoms with van der Waals surface area (Å²) in [6.45, 7) is 0. The van der Waals surface area contributed by atoms with Gasteiger partial charge >= 0.3 is 0 Å². The highest BCUT2D eigenvalue weighted by molar-refractivity contribution is 6.33. The molecule has 0 atom stereocenters. The Hall–Kier alpha value is -3.23. The number of hydrogen-bond donors (Lipinski definition) is 1. The Morgan fingerprint density at radius 3 is 2.43 bits per heavy atom. The molecular weight excluding hydrogens is 431 g/mol. The number of hydrogen-bond acceptors (Lipinski definition) is 7. The highest BCUT2D eigenvalue weighted by atomic mass is 35.5. The molecular formula is C20H18Cl2N4O4. The third-order valence-corrected chi connectivity index (χ3v) is 4.74. The fourth-order valence-electron chi connectivity index (χ4n) is 2.61. The van der Waals surface area contributed by atoms with Gasteiger partial charge < -0.3 is 14.2 Å². The first-order chi connectivity index (χ1) is 14.5. The van der Waals surface area contributed by atoms with E-state index in [0.29, 0.717) is 33.5 Å². The van der Waals surface area contributed by atoms with Crippen molar-refractivity contribution in [2.45, 2.75) is 0 Å². The highest BCUT2D eigenvalue weighted by Crippen LogP contribution is 2.35. The zero-order valence-corrected chi connectivity index (χ0v) is 17.9. The summed E-state index contributed by atoms with van der Waals surface area (Å²) in [4.78, 5) is 12.6. The number of anilines is 1. The van der Waals surface area contributed by atoms with Crippen LogP contribution in [0.5, 0.6) is 17.2 Å². The summed E-state index contributed by atoms with van der Waals surface area (Å²) in [5, 5.41) is 8.55. The Morgan fingerprint density at radius 1 is 1.07 bits per heavy atom. The van der Waals surface area contributed by atoms with E-state index < -0.39 is 5.56 Å². The van der Waals surface area contributed by atoms with Gasteiger partial charge in [-0.05, 0) is 42.0 Å². The van der Waals surface area contributed by atoms with Gasteiger partial charge in [0.1, 0.15) is 16.5 Å².